The average molecular weight is 259 g/mol. The smallest absolute Gasteiger partial charge is 0.157 e. The Kier molecular flexibility index (Phi) is 3.91. The molecule has 1 aliphatic rings. The summed E-state index contributed by atoms with van der Waals surface area (Å²) in [6.45, 7) is 7.01. The van der Waals surface area contributed by atoms with Crippen molar-refractivity contribution in [3.8, 4) is 0 Å². The summed E-state index contributed by atoms with van der Waals surface area (Å²) in [5.74, 6) is 1.10. The summed E-state index contributed by atoms with van der Waals surface area (Å²) in [5.41, 5.74) is 1.34. The maximum atomic E-state index is 5.42. The third-order valence-electron chi connectivity index (χ3n) is 3.85. The number of aromatic nitrogens is 1. The Bertz CT molecular complexity index is 475. The zero-order chi connectivity index (χ0) is 12.9. The molecule has 19 heavy (non-hydrogen) atoms. The van der Waals surface area contributed by atoms with Crippen LogP contribution in [-0.4, -0.2) is 31.2 Å². The van der Waals surface area contributed by atoms with Gasteiger partial charge in [-0.3, -0.25) is 4.98 Å². The van der Waals surface area contributed by atoms with E-state index in [9.17, 15) is 0 Å². The largest absolute Gasteiger partial charge is 0.463 e. The van der Waals surface area contributed by atoms with Crippen LogP contribution in [0.3, 0.4) is 0 Å². The molecule has 4 heteroatoms. The highest BCUT2D eigenvalue weighted by Crippen LogP contribution is 1.96. The summed E-state index contributed by atoms with van der Waals surface area (Å²) in [7, 11) is 0. The molecule has 2 aromatic heterocycles. The van der Waals surface area contributed by atoms with Crippen molar-refractivity contribution in [3.05, 3.63) is 54.2 Å². The summed E-state index contributed by atoms with van der Waals surface area (Å²) < 4.78 is 5.42. The van der Waals surface area contributed by atoms with Crippen LogP contribution in [0, 0.1) is 0 Å². The zero-order valence-electron chi connectivity index (χ0n) is 11.1. The van der Waals surface area contributed by atoms with Crippen molar-refractivity contribution in [1.82, 2.24) is 4.98 Å². The van der Waals surface area contributed by atoms with Crippen LogP contribution in [0.4, 0.5) is 0 Å². The monoisotopic (exact) mass is 259 g/mol. The third kappa shape index (κ3) is 3.43. The summed E-state index contributed by atoms with van der Waals surface area (Å²) in [6.07, 6.45) is 5.58. The van der Waals surface area contributed by atoms with Crippen LogP contribution >= 0.6 is 0 Å². The van der Waals surface area contributed by atoms with Crippen molar-refractivity contribution in [2.75, 3.05) is 26.2 Å². The standard InChI is InChI=1S/C15H19N3O/c1-3-14(11-16-5-1)12-17-6-8-18(9-7-17)13-15-4-2-10-19-15/h1-5,10-11H,6-9,12-13H2/p+2. The van der Waals surface area contributed by atoms with Crippen LogP contribution in [0.25, 0.3) is 0 Å². The number of pyridine rings is 1. The number of piperazine rings is 1. The molecule has 0 radical (unpaired) electrons. The van der Waals surface area contributed by atoms with Crippen molar-refractivity contribution < 1.29 is 14.2 Å². The Morgan fingerprint density at radius 2 is 1.79 bits per heavy atom. The molecule has 0 atom stereocenters. The van der Waals surface area contributed by atoms with Gasteiger partial charge in [0.05, 0.1) is 6.26 Å². The Balaban J connectivity index is 1.47. The first-order chi connectivity index (χ1) is 9.40. The molecular weight excluding hydrogens is 238 g/mol. The Labute approximate surface area is 113 Å². The molecule has 3 rings (SSSR count). The lowest BCUT2D eigenvalue weighted by molar-refractivity contribution is -1.02. The molecule has 0 saturated carbocycles. The number of hydrogen-bond donors (Lipinski definition) is 2. The molecule has 4 nitrogen and oxygen atoms in total. The molecule has 0 amide bonds. The van der Waals surface area contributed by atoms with E-state index in [1.54, 1.807) is 16.1 Å². The van der Waals surface area contributed by atoms with Gasteiger partial charge in [0.2, 0.25) is 0 Å². The van der Waals surface area contributed by atoms with E-state index in [4.69, 9.17) is 4.42 Å². The maximum absolute atomic E-state index is 5.42. The molecule has 1 fully saturated rings. The van der Waals surface area contributed by atoms with Gasteiger partial charge in [-0.25, -0.2) is 0 Å². The second kappa shape index (κ2) is 5.99. The van der Waals surface area contributed by atoms with Crippen LogP contribution in [0.1, 0.15) is 11.3 Å². The van der Waals surface area contributed by atoms with Crippen molar-refractivity contribution in [1.29, 1.82) is 0 Å². The molecule has 3 heterocycles. The van der Waals surface area contributed by atoms with E-state index in [1.807, 2.05) is 24.5 Å². The van der Waals surface area contributed by atoms with E-state index in [2.05, 4.69) is 17.1 Å². The topological polar surface area (TPSA) is 34.9 Å². The lowest BCUT2D eigenvalue weighted by Crippen LogP contribution is -3.27. The van der Waals surface area contributed by atoms with Crippen molar-refractivity contribution >= 4 is 0 Å². The minimum Gasteiger partial charge on any atom is -0.463 e. The number of quaternary nitrogens is 2. The first-order valence-corrected chi connectivity index (χ1v) is 6.98. The molecule has 0 spiro atoms. The van der Waals surface area contributed by atoms with Crippen molar-refractivity contribution in [3.63, 3.8) is 0 Å². The van der Waals surface area contributed by atoms with Crippen LogP contribution in [0.15, 0.2) is 47.3 Å². The van der Waals surface area contributed by atoms with E-state index < -0.39 is 0 Å². The van der Waals surface area contributed by atoms with Crippen LogP contribution in [0.2, 0.25) is 0 Å². The van der Waals surface area contributed by atoms with E-state index in [0.717, 1.165) is 18.8 Å². The number of furan rings is 1. The SMILES string of the molecule is c1cncc(C[NH+]2CC[NH+](Cc3ccco3)CC2)c1. The Morgan fingerprint density at radius 3 is 2.42 bits per heavy atom. The van der Waals surface area contributed by atoms with Crippen LogP contribution in [0.5, 0.6) is 0 Å². The summed E-state index contributed by atoms with van der Waals surface area (Å²) in [6, 6.07) is 8.23. The highest BCUT2D eigenvalue weighted by Gasteiger charge is 2.23. The predicted molar refractivity (Wildman–Crippen MR) is 71.7 cm³/mol. The normalized spacial score (nSPS) is 23.4. The minimum atomic E-state index is 1.02. The fraction of sp³-hybridized carbons (Fsp3) is 0.400. The van der Waals surface area contributed by atoms with Crippen LogP contribution < -0.4 is 9.80 Å². The maximum Gasteiger partial charge on any atom is 0.157 e. The number of nitrogens with one attached hydrogen (secondary N) is 2. The first kappa shape index (κ1) is 12.4. The highest BCUT2D eigenvalue weighted by atomic mass is 16.3. The zero-order valence-corrected chi connectivity index (χ0v) is 11.1. The summed E-state index contributed by atoms with van der Waals surface area (Å²) in [4.78, 5) is 7.48. The second-order valence-electron chi connectivity index (χ2n) is 5.29. The van der Waals surface area contributed by atoms with Crippen LogP contribution in [-0.2, 0) is 13.1 Å². The Hall–Kier alpha value is -1.65. The molecule has 1 saturated heterocycles. The van der Waals surface area contributed by atoms with Gasteiger partial charge in [0.1, 0.15) is 39.3 Å². The summed E-state index contributed by atoms with van der Waals surface area (Å²) in [5, 5.41) is 0. The predicted octanol–water partition coefficient (Wildman–Crippen LogP) is -0.842. The van der Waals surface area contributed by atoms with Crippen molar-refractivity contribution in [2.24, 2.45) is 0 Å². The lowest BCUT2D eigenvalue weighted by Gasteiger charge is -2.29. The molecular formula is C15H21N3O+2. The van der Waals surface area contributed by atoms with Gasteiger partial charge in [0.15, 0.2) is 5.76 Å². The number of hydrogen-bond acceptors (Lipinski definition) is 2. The molecule has 0 aliphatic carbocycles. The Morgan fingerprint density at radius 1 is 1.00 bits per heavy atom. The van der Waals surface area contributed by atoms with Gasteiger partial charge >= 0.3 is 0 Å². The quantitative estimate of drug-likeness (QED) is 0.751. The summed E-state index contributed by atoms with van der Waals surface area (Å²) >= 11 is 0. The molecule has 0 bridgehead atoms. The van der Waals surface area contributed by atoms with E-state index in [0.29, 0.717) is 0 Å². The third-order valence-corrected chi connectivity index (χ3v) is 3.85. The fourth-order valence-corrected chi connectivity index (χ4v) is 2.76. The van der Waals surface area contributed by atoms with Gasteiger partial charge in [-0.15, -0.1) is 0 Å². The molecule has 2 aromatic rings. The van der Waals surface area contributed by atoms with Gasteiger partial charge in [-0.1, -0.05) is 6.07 Å². The van der Waals surface area contributed by atoms with Gasteiger partial charge in [0, 0.05) is 18.0 Å². The fourth-order valence-electron chi connectivity index (χ4n) is 2.76. The molecule has 100 valence electrons. The average Bonchev–Trinajstić information content (AvgIpc) is 2.95. The molecule has 2 N–H and O–H groups in total. The number of nitrogens with zero attached hydrogens (tertiary/aromatic N) is 1. The van der Waals surface area contributed by atoms with E-state index >= 15 is 0 Å². The first-order valence-electron chi connectivity index (χ1n) is 6.98. The van der Waals surface area contributed by atoms with Gasteiger partial charge in [-0.05, 0) is 18.2 Å². The minimum absolute atomic E-state index is 1.02. The van der Waals surface area contributed by atoms with Gasteiger partial charge < -0.3 is 14.2 Å². The molecule has 1 aliphatic heterocycles. The molecule has 0 aromatic carbocycles. The van der Waals surface area contributed by atoms with Gasteiger partial charge in [0.25, 0.3) is 0 Å². The van der Waals surface area contributed by atoms with E-state index in [1.165, 1.54) is 31.7 Å². The highest BCUT2D eigenvalue weighted by molar-refractivity contribution is 5.06. The van der Waals surface area contributed by atoms with E-state index in [-0.39, 0.29) is 0 Å². The second-order valence-corrected chi connectivity index (χ2v) is 5.29. The van der Waals surface area contributed by atoms with Crippen molar-refractivity contribution in [2.45, 2.75) is 13.1 Å². The van der Waals surface area contributed by atoms with Gasteiger partial charge in [-0.2, -0.15) is 0 Å². The molecule has 0 unspecified atom stereocenters. The number of rotatable bonds is 4. The lowest BCUT2D eigenvalue weighted by atomic mass is 10.2.